The molecule has 1 atom stereocenters. The molecule has 1 saturated heterocycles. The van der Waals surface area contributed by atoms with Gasteiger partial charge in [0, 0.05) is 31.4 Å². The zero-order chi connectivity index (χ0) is 14.0. The van der Waals surface area contributed by atoms with E-state index in [1.54, 1.807) is 12.1 Å². The van der Waals surface area contributed by atoms with Gasteiger partial charge in [0.1, 0.15) is 0 Å². The zero-order valence-electron chi connectivity index (χ0n) is 11.6. The highest BCUT2D eigenvalue weighted by molar-refractivity contribution is 5.99. The number of hydrogen-bond donors (Lipinski definition) is 2. The molecule has 1 aliphatic rings. The number of likely N-dealkylation sites (N-methyl/N-ethyl adjacent to an activating group) is 1. The molecule has 0 aliphatic carbocycles. The van der Waals surface area contributed by atoms with Gasteiger partial charge in [-0.05, 0) is 31.7 Å². The summed E-state index contributed by atoms with van der Waals surface area (Å²) in [4.78, 5) is 16.1. The van der Waals surface area contributed by atoms with Crippen LogP contribution in [0.1, 0.15) is 23.7 Å². The van der Waals surface area contributed by atoms with E-state index in [9.17, 15) is 4.79 Å². The lowest BCUT2D eigenvalue weighted by atomic mass is 10.1. The first-order valence-corrected chi connectivity index (χ1v) is 6.67. The molecule has 2 rings (SSSR count). The lowest BCUT2D eigenvalue weighted by Gasteiger charge is -2.40. The molecule has 0 spiro atoms. The van der Waals surface area contributed by atoms with Crippen molar-refractivity contribution in [2.24, 2.45) is 5.73 Å². The van der Waals surface area contributed by atoms with E-state index in [4.69, 9.17) is 11.5 Å². The second-order valence-corrected chi connectivity index (χ2v) is 5.13. The van der Waals surface area contributed by atoms with Crippen LogP contribution >= 0.6 is 0 Å². The SMILES string of the molecule is CCC1CN(c2cc(N)ccc2C(N)=O)CCN1C. The largest absolute Gasteiger partial charge is 0.399 e. The smallest absolute Gasteiger partial charge is 0.250 e. The number of primary amides is 1. The fraction of sp³-hybridized carbons (Fsp3) is 0.500. The number of rotatable bonds is 3. The fourth-order valence-corrected chi connectivity index (χ4v) is 2.62. The van der Waals surface area contributed by atoms with Crippen molar-refractivity contribution in [3.05, 3.63) is 23.8 Å². The van der Waals surface area contributed by atoms with Crippen LogP contribution in [0.15, 0.2) is 18.2 Å². The number of piperazine rings is 1. The van der Waals surface area contributed by atoms with Crippen LogP contribution in [0.4, 0.5) is 11.4 Å². The zero-order valence-corrected chi connectivity index (χ0v) is 11.6. The summed E-state index contributed by atoms with van der Waals surface area (Å²) in [6.45, 7) is 4.94. The van der Waals surface area contributed by atoms with Crippen LogP contribution in [-0.2, 0) is 0 Å². The Labute approximate surface area is 114 Å². The number of anilines is 2. The first-order chi connectivity index (χ1) is 9.02. The number of nitrogens with two attached hydrogens (primary N) is 2. The van der Waals surface area contributed by atoms with Gasteiger partial charge in [-0.15, -0.1) is 0 Å². The van der Waals surface area contributed by atoms with Gasteiger partial charge in [-0.2, -0.15) is 0 Å². The maximum atomic E-state index is 11.5. The molecule has 5 heteroatoms. The Bertz CT molecular complexity index is 475. The van der Waals surface area contributed by atoms with E-state index in [2.05, 4.69) is 23.8 Å². The maximum Gasteiger partial charge on any atom is 0.250 e. The summed E-state index contributed by atoms with van der Waals surface area (Å²) in [5.74, 6) is -0.401. The number of hydrogen-bond acceptors (Lipinski definition) is 4. The van der Waals surface area contributed by atoms with Crippen LogP contribution in [0.5, 0.6) is 0 Å². The topological polar surface area (TPSA) is 75.6 Å². The number of benzene rings is 1. The van der Waals surface area contributed by atoms with Crippen LogP contribution in [0.25, 0.3) is 0 Å². The molecule has 0 aromatic heterocycles. The molecule has 0 bridgehead atoms. The second-order valence-electron chi connectivity index (χ2n) is 5.13. The third-order valence-electron chi connectivity index (χ3n) is 3.88. The molecule has 0 radical (unpaired) electrons. The quantitative estimate of drug-likeness (QED) is 0.794. The molecule has 1 heterocycles. The highest BCUT2D eigenvalue weighted by Gasteiger charge is 2.25. The van der Waals surface area contributed by atoms with Gasteiger partial charge >= 0.3 is 0 Å². The molecule has 5 nitrogen and oxygen atoms in total. The average Bonchev–Trinajstić information content (AvgIpc) is 2.38. The number of carbonyl (C=O) groups is 1. The van der Waals surface area contributed by atoms with Crippen molar-refractivity contribution in [3.63, 3.8) is 0 Å². The highest BCUT2D eigenvalue weighted by Crippen LogP contribution is 2.26. The van der Waals surface area contributed by atoms with Crippen LogP contribution in [0.2, 0.25) is 0 Å². The Balaban J connectivity index is 2.31. The average molecular weight is 262 g/mol. The van der Waals surface area contributed by atoms with Crippen molar-refractivity contribution in [1.82, 2.24) is 4.90 Å². The third-order valence-corrected chi connectivity index (χ3v) is 3.88. The Hall–Kier alpha value is -1.75. The monoisotopic (exact) mass is 262 g/mol. The van der Waals surface area contributed by atoms with Crippen molar-refractivity contribution < 1.29 is 4.79 Å². The number of nitrogens with zero attached hydrogens (tertiary/aromatic N) is 2. The maximum absolute atomic E-state index is 11.5. The molecule has 0 saturated carbocycles. The Morgan fingerprint density at radius 3 is 2.79 bits per heavy atom. The summed E-state index contributed by atoms with van der Waals surface area (Å²) in [6, 6.07) is 5.78. The molecule has 1 aromatic carbocycles. The number of carbonyl (C=O) groups excluding carboxylic acids is 1. The van der Waals surface area contributed by atoms with E-state index in [-0.39, 0.29) is 0 Å². The summed E-state index contributed by atoms with van der Waals surface area (Å²) >= 11 is 0. The summed E-state index contributed by atoms with van der Waals surface area (Å²) < 4.78 is 0. The van der Waals surface area contributed by atoms with Crippen LogP contribution in [0.3, 0.4) is 0 Å². The van der Waals surface area contributed by atoms with Gasteiger partial charge in [-0.25, -0.2) is 0 Å². The third kappa shape index (κ3) is 2.81. The van der Waals surface area contributed by atoms with Gasteiger partial charge in [-0.3, -0.25) is 9.69 Å². The van der Waals surface area contributed by atoms with E-state index in [0.29, 0.717) is 17.3 Å². The molecular formula is C14H22N4O. The van der Waals surface area contributed by atoms with Gasteiger partial charge in [0.05, 0.1) is 11.3 Å². The van der Waals surface area contributed by atoms with E-state index in [1.165, 1.54) is 0 Å². The highest BCUT2D eigenvalue weighted by atomic mass is 16.1. The summed E-state index contributed by atoms with van der Waals surface area (Å²) in [5.41, 5.74) is 13.4. The van der Waals surface area contributed by atoms with Gasteiger partial charge in [0.15, 0.2) is 0 Å². The van der Waals surface area contributed by atoms with Gasteiger partial charge in [0.25, 0.3) is 5.91 Å². The summed E-state index contributed by atoms with van der Waals surface area (Å²) in [6.07, 6.45) is 1.08. The van der Waals surface area contributed by atoms with Crippen molar-refractivity contribution in [1.29, 1.82) is 0 Å². The van der Waals surface area contributed by atoms with Crippen molar-refractivity contribution in [3.8, 4) is 0 Å². The molecule has 1 aliphatic heterocycles. The van der Waals surface area contributed by atoms with E-state index < -0.39 is 5.91 Å². The number of amides is 1. The molecule has 4 N–H and O–H groups in total. The van der Waals surface area contributed by atoms with Crippen LogP contribution < -0.4 is 16.4 Å². The van der Waals surface area contributed by atoms with Crippen molar-refractivity contribution in [2.75, 3.05) is 37.3 Å². The van der Waals surface area contributed by atoms with Crippen molar-refractivity contribution >= 4 is 17.3 Å². The van der Waals surface area contributed by atoms with Gasteiger partial charge in [-0.1, -0.05) is 6.92 Å². The predicted octanol–water partition coefficient (Wildman–Crippen LogP) is 0.898. The normalized spacial score (nSPS) is 20.5. The van der Waals surface area contributed by atoms with Gasteiger partial charge < -0.3 is 16.4 Å². The predicted molar refractivity (Wildman–Crippen MR) is 78.3 cm³/mol. The van der Waals surface area contributed by atoms with Crippen LogP contribution in [0, 0.1) is 0 Å². The first kappa shape index (κ1) is 13.7. The molecule has 19 heavy (non-hydrogen) atoms. The molecule has 1 fully saturated rings. The van der Waals surface area contributed by atoms with Crippen LogP contribution in [-0.4, -0.2) is 43.5 Å². The Kier molecular flexibility index (Phi) is 3.95. The minimum Gasteiger partial charge on any atom is -0.399 e. The van der Waals surface area contributed by atoms with Crippen molar-refractivity contribution in [2.45, 2.75) is 19.4 Å². The summed E-state index contributed by atoms with van der Waals surface area (Å²) in [7, 11) is 2.14. The fourth-order valence-electron chi connectivity index (χ4n) is 2.62. The van der Waals surface area contributed by atoms with E-state index in [1.807, 2.05) is 6.07 Å². The molecular weight excluding hydrogens is 240 g/mol. The molecule has 1 amide bonds. The number of nitrogen functional groups attached to an aromatic ring is 1. The van der Waals surface area contributed by atoms with E-state index in [0.717, 1.165) is 31.7 Å². The minimum atomic E-state index is -0.401. The Morgan fingerprint density at radius 2 is 2.16 bits per heavy atom. The lowest BCUT2D eigenvalue weighted by molar-refractivity contribution is 0.100. The molecule has 104 valence electrons. The summed E-state index contributed by atoms with van der Waals surface area (Å²) in [5, 5.41) is 0. The lowest BCUT2D eigenvalue weighted by Crippen LogP contribution is -2.51. The molecule has 1 aromatic rings. The van der Waals surface area contributed by atoms with Gasteiger partial charge in [0.2, 0.25) is 0 Å². The molecule has 1 unspecified atom stereocenters. The second kappa shape index (κ2) is 5.48. The first-order valence-electron chi connectivity index (χ1n) is 6.67. The minimum absolute atomic E-state index is 0.401. The Morgan fingerprint density at radius 1 is 1.42 bits per heavy atom. The van der Waals surface area contributed by atoms with E-state index >= 15 is 0 Å². The standard InChI is InChI=1S/C14H22N4O/c1-3-11-9-18(7-6-17(11)2)13-8-10(15)4-5-12(13)14(16)19/h4-5,8,11H,3,6-7,9,15H2,1-2H3,(H2,16,19).